The third kappa shape index (κ3) is 21.6. The summed E-state index contributed by atoms with van der Waals surface area (Å²) in [5, 5.41) is 9.38. The summed E-state index contributed by atoms with van der Waals surface area (Å²) in [5.41, 5.74) is 0.0285. The van der Waals surface area contributed by atoms with Gasteiger partial charge in [-0.05, 0) is 30.5 Å². The second kappa shape index (κ2) is 20.1. The van der Waals surface area contributed by atoms with Crippen molar-refractivity contribution in [1.29, 1.82) is 0 Å². The summed E-state index contributed by atoms with van der Waals surface area (Å²) < 4.78 is 111. The Bertz CT molecular complexity index is 1070. The molecule has 0 aliphatic carbocycles. The van der Waals surface area contributed by atoms with Gasteiger partial charge in [0.2, 0.25) is 0 Å². The average molecular weight is 645 g/mol. The van der Waals surface area contributed by atoms with Crippen molar-refractivity contribution in [2.45, 2.75) is 30.1 Å². The Morgan fingerprint density at radius 2 is 1.24 bits per heavy atom. The fourth-order valence-electron chi connectivity index (χ4n) is 1.64. The van der Waals surface area contributed by atoms with Crippen LogP contribution in [-0.2, 0) is 44.7 Å². The zero-order valence-electron chi connectivity index (χ0n) is 18.4. The summed E-state index contributed by atoms with van der Waals surface area (Å²) in [4.78, 5) is 0.146. The van der Waals surface area contributed by atoms with E-state index in [0.717, 1.165) is 0 Å². The van der Waals surface area contributed by atoms with Gasteiger partial charge in [-0.15, -0.1) is 11.8 Å². The van der Waals surface area contributed by atoms with Gasteiger partial charge in [-0.2, -0.15) is 0 Å². The minimum atomic E-state index is -5.67. The molecule has 0 aliphatic heterocycles. The first-order valence-corrected chi connectivity index (χ1v) is 15.5. The molecule has 0 bridgehead atoms. The fourth-order valence-corrected chi connectivity index (χ4v) is 4.68. The van der Waals surface area contributed by atoms with Crippen molar-refractivity contribution in [1.82, 2.24) is 0 Å². The molecule has 0 saturated heterocycles. The summed E-state index contributed by atoms with van der Waals surface area (Å²) in [7, 11) is -19.1. The number of aryl methyl sites for hydroxylation is 1. The molecule has 20 heteroatoms. The van der Waals surface area contributed by atoms with Crippen molar-refractivity contribution < 1.29 is 207 Å². The molecule has 1 rings (SSSR count). The van der Waals surface area contributed by atoms with Crippen LogP contribution in [0.2, 0.25) is 0 Å². The van der Waals surface area contributed by atoms with E-state index in [9.17, 15) is 52.4 Å². The number of aliphatic hydroxyl groups is 1. The minimum absolute atomic E-state index is 0. The molecule has 1 unspecified atom stereocenters. The van der Waals surface area contributed by atoms with Crippen LogP contribution in [0.5, 0.6) is 0 Å². The first kappa shape index (κ1) is 44.1. The summed E-state index contributed by atoms with van der Waals surface area (Å²) in [6, 6.07) is 5.82. The molecule has 176 valence electrons. The van der Waals surface area contributed by atoms with E-state index in [4.69, 9.17) is 0 Å². The van der Waals surface area contributed by atoms with Crippen LogP contribution < -0.4 is 154 Å². The van der Waals surface area contributed by atoms with Gasteiger partial charge in [-0.1, -0.05) is 19.1 Å². The van der Waals surface area contributed by atoms with Crippen LogP contribution in [0.15, 0.2) is 29.2 Å². The molecule has 0 fully saturated rings. The first-order chi connectivity index (χ1) is 13.4. The summed E-state index contributed by atoms with van der Waals surface area (Å²) >= 11 is 1.19. The van der Waals surface area contributed by atoms with Crippen LogP contribution >= 0.6 is 11.8 Å². The van der Waals surface area contributed by atoms with Gasteiger partial charge >= 0.3 is 154 Å². The molecule has 1 N–H and O–H groups in total. The van der Waals surface area contributed by atoms with Crippen LogP contribution in [0.3, 0.4) is 0 Å². The van der Waals surface area contributed by atoms with Gasteiger partial charge in [0.1, 0.15) is 0 Å². The quantitative estimate of drug-likeness (QED) is 0.108. The van der Waals surface area contributed by atoms with E-state index in [1.54, 1.807) is 0 Å². The molecule has 0 spiro atoms. The Morgan fingerprint density at radius 3 is 1.58 bits per heavy atom. The van der Waals surface area contributed by atoms with Crippen molar-refractivity contribution in [3.63, 3.8) is 0 Å². The van der Waals surface area contributed by atoms with Gasteiger partial charge < -0.3 is 18.8 Å². The molecule has 33 heavy (non-hydrogen) atoms. The van der Waals surface area contributed by atoms with E-state index < -0.39 is 49.4 Å². The Morgan fingerprint density at radius 1 is 0.818 bits per heavy atom. The number of rotatable bonds is 10. The fraction of sp³-hybridized carbons (Fsp3) is 0.538. The summed E-state index contributed by atoms with van der Waals surface area (Å²) in [5.74, 6) is -0.291. The minimum Gasteiger partial charge on any atom is -0.748 e. The Labute approximate surface area is 326 Å². The van der Waals surface area contributed by atoms with Crippen molar-refractivity contribution >= 4 is 50.0 Å². The van der Waals surface area contributed by atoms with Crippen LogP contribution in [0, 0.1) is 0 Å². The Balaban J connectivity index is -0.000000331. The third-order valence-electron chi connectivity index (χ3n) is 3.18. The van der Waals surface area contributed by atoms with E-state index in [1.165, 1.54) is 36.0 Å². The van der Waals surface area contributed by atoms with Crippen LogP contribution in [0.25, 0.3) is 0 Å². The van der Waals surface area contributed by atoms with Crippen LogP contribution in [0.4, 0.5) is 0 Å². The Hall–Kier alpha value is 4.12. The number of hydrogen-bond acceptors (Lipinski definition) is 13. The molecular formula is C13H19K3O12S5. The largest absolute Gasteiger partial charge is 1.00 e. The summed E-state index contributed by atoms with van der Waals surface area (Å²) in [6.07, 6.45) is 0.618. The van der Waals surface area contributed by atoms with Crippen LogP contribution in [-0.4, -0.2) is 75.1 Å². The average Bonchev–Trinajstić information content (AvgIpc) is 2.58. The van der Waals surface area contributed by atoms with Gasteiger partial charge in [0, 0.05) is 11.5 Å². The zero-order valence-corrected chi connectivity index (χ0v) is 31.9. The van der Waals surface area contributed by atoms with Crippen molar-refractivity contribution in [3.05, 3.63) is 29.8 Å². The van der Waals surface area contributed by atoms with Crippen molar-refractivity contribution in [2.75, 3.05) is 17.3 Å². The smallest absolute Gasteiger partial charge is 0.748 e. The maximum absolute atomic E-state index is 12.1. The van der Waals surface area contributed by atoms with Crippen LogP contribution in [0.1, 0.15) is 18.9 Å². The van der Waals surface area contributed by atoms with E-state index in [0.29, 0.717) is 17.7 Å². The van der Waals surface area contributed by atoms with E-state index in [2.05, 4.69) is 0 Å². The number of hydrogen-bond donors (Lipinski definition) is 1. The SMILES string of the molecule is CCC(O)SCCS(=O)(=O)c1ccc(CCS(=O)(=O)[O-])cc1.O=S(=O)([O-])S(=O)(=O)[O-].[K+].[K+].[K+]. The molecular weight excluding hydrogens is 626 g/mol. The van der Waals surface area contributed by atoms with E-state index in [1.807, 2.05) is 6.92 Å². The predicted molar refractivity (Wildman–Crippen MR) is 105 cm³/mol. The van der Waals surface area contributed by atoms with Gasteiger partial charge in [0.25, 0.3) is 0 Å². The van der Waals surface area contributed by atoms with E-state index in [-0.39, 0.29) is 171 Å². The number of aliphatic hydroxyl groups excluding tert-OH is 1. The second-order valence-corrected chi connectivity index (χ2v) is 14.5. The monoisotopic (exact) mass is 644 g/mol. The van der Waals surface area contributed by atoms with Gasteiger partial charge in [0.05, 0.1) is 26.2 Å². The predicted octanol–water partition coefficient (Wildman–Crippen LogP) is -9.99. The molecule has 0 aliphatic rings. The molecule has 0 radical (unpaired) electrons. The topological polar surface area (TPSA) is 226 Å². The van der Waals surface area contributed by atoms with Gasteiger partial charge in [0.15, 0.2) is 28.1 Å². The molecule has 0 heterocycles. The zero-order chi connectivity index (χ0) is 23.8. The normalized spacial score (nSPS) is 12.6. The summed E-state index contributed by atoms with van der Waals surface area (Å²) in [6.45, 7) is 1.81. The molecule has 0 saturated carbocycles. The molecule has 1 aromatic rings. The molecule has 0 amide bonds. The maximum Gasteiger partial charge on any atom is 1.00 e. The van der Waals surface area contributed by atoms with Gasteiger partial charge in [-0.25, -0.2) is 33.7 Å². The first-order valence-electron chi connectivity index (χ1n) is 7.85. The second-order valence-electron chi connectivity index (χ2n) is 5.52. The number of sulfone groups is 1. The molecule has 1 aromatic carbocycles. The van der Waals surface area contributed by atoms with Crippen molar-refractivity contribution in [3.8, 4) is 0 Å². The van der Waals surface area contributed by atoms with Crippen molar-refractivity contribution in [2.24, 2.45) is 0 Å². The standard InChI is InChI=1S/C13H20O6S3.3K.H2O6S2/c1-2-13(14)20-8-10-21(15,16)12-5-3-11(4-6-12)7-9-22(17,18)19;;;;1-7(2,3)8(4,5)6/h3-6,13-14H,2,7-10H2,1H3,(H,17,18,19);;;;(H,1,2,3)(H,4,5,6)/q;3*+1;/p-3. The Kier molecular flexibility index (Phi) is 26.8. The third-order valence-corrected chi connectivity index (χ3v) is 9.04. The molecule has 0 aromatic heterocycles. The van der Waals surface area contributed by atoms with Gasteiger partial charge in [-0.3, -0.25) is 0 Å². The number of benzene rings is 1. The number of thioether (sulfide) groups is 1. The maximum atomic E-state index is 12.1. The molecule has 12 nitrogen and oxygen atoms in total. The molecule has 1 atom stereocenters. The van der Waals surface area contributed by atoms with E-state index >= 15 is 0 Å².